The minimum atomic E-state index is -0.851. The van der Waals surface area contributed by atoms with Gasteiger partial charge < -0.3 is 5.73 Å². The number of nitrogens with zero attached hydrogens (tertiary/aromatic N) is 5. The third kappa shape index (κ3) is 2.07. The van der Waals surface area contributed by atoms with Gasteiger partial charge in [0, 0.05) is 11.8 Å². The predicted molar refractivity (Wildman–Crippen MR) is 86.9 cm³/mol. The number of hydrogen-bond acceptors (Lipinski definition) is 5. The molecule has 0 aliphatic heterocycles. The Morgan fingerprint density at radius 3 is 2.67 bits per heavy atom. The van der Waals surface area contributed by atoms with Crippen molar-refractivity contribution in [1.82, 2.24) is 24.5 Å². The molecule has 1 aromatic carbocycles. The standard InChI is InChI=1S/C15H11N7O2/c16-15(24)20-21-7-6-11-12(14(21)23)18-19-13-10(8-17-22(11)13)9-4-2-1-3-5-9/h1-8H,(H3,16,20,24). The molecule has 2 amide bonds. The number of hydrogen-bond donors (Lipinski definition) is 2. The highest BCUT2D eigenvalue weighted by molar-refractivity contribution is 5.83. The van der Waals surface area contributed by atoms with Crippen LogP contribution in [0.1, 0.15) is 0 Å². The van der Waals surface area contributed by atoms with E-state index in [0.29, 0.717) is 11.2 Å². The highest BCUT2D eigenvalue weighted by Gasteiger charge is 2.14. The minimum Gasteiger partial charge on any atom is -0.350 e. The molecule has 118 valence electrons. The van der Waals surface area contributed by atoms with Gasteiger partial charge in [0.15, 0.2) is 11.2 Å². The zero-order valence-electron chi connectivity index (χ0n) is 12.2. The summed E-state index contributed by atoms with van der Waals surface area (Å²) in [5, 5.41) is 12.4. The number of nitrogens with one attached hydrogen (secondary N) is 1. The van der Waals surface area contributed by atoms with E-state index in [9.17, 15) is 9.59 Å². The fraction of sp³-hybridized carbons (Fsp3) is 0. The maximum absolute atomic E-state index is 12.3. The van der Waals surface area contributed by atoms with Gasteiger partial charge in [0.2, 0.25) is 0 Å². The molecule has 0 saturated carbocycles. The van der Waals surface area contributed by atoms with E-state index in [1.807, 2.05) is 30.3 Å². The molecule has 9 nitrogen and oxygen atoms in total. The summed E-state index contributed by atoms with van der Waals surface area (Å²) < 4.78 is 2.49. The molecule has 0 spiro atoms. The minimum absolute atomic E-state index is 0.0708. The molecule has 24 heavy (non-hydrogen) atoms. The topological polar surface area (TPSA) is 120 Å². The largest absolute Gasteiger partial charge is 0.350 e. The van der Waals surface area contributed by atoms with Crippen LogP contribution in [0.3, 0.4) is 0 Å². The molecule has 3 heterocycles. The predicted octanol–water partition coefficient (Wildman–Crippen LogP) is 0.728. The van der Waals surface area contributed by atoms with Crippen LogP contribution >= 0.6 is 0 Å². The van der Waals surface area contributed by atoms with Crippen LogP contribution in [0, 0.1) is 0 Å². The van der Waals surface area contributed by atoms with Crippen molar-refractivity contribution in [3.05, 3.63) is 59.1 Å². The third-order valence-corrected chi connectivity index (χ3v) is 3.58. The average molecular weight is 321 g/mol. The summed E-state index contributed by atoms with van der Waals surface area (Å²) in [4.78, 5) is 23.3. The van der Waals surface area contributed by atoms with Crippen molar-refractivity contribution in [2.75, 3.05) is 5.43 Å². The number of fused-ring (bicyclic) bond motifs is 3. The van der Waals surface area contributed by atoms with Gasteiger partial charge in [-0.1, -0.05) is 30.3 Å². The Balaban J connectivity index is 1.97. The van der Waals surface area contributed by atoms with E-state index >= 15 is 0 Å². The van der Waals surface area contributed by atoms with Crippen LogP contribution in [-0.4, -0.2) is 30.5 Å². The number of nitrogens with two attached hydrogens (primary N) is 1. The first-order valence-electron chi connectivity index (χ1n) is 7.03. The molecule has 0 bridgehead atoms. The lowest BCUT2D eigenvalue weighted by Gasteiger charge is -2.06. The van der Waals surface area contributed by atoms with Crippen molar-refractivity contribution in [1.29, 1.82) is 0 Å². The Hall–Kier alpha value is -3.75. The van der Waals surface area contributed by atoms with Crippen molar-refractivity contribution in [2.24, 2.45) is 5.73 Å². The van der Waals surface area contributed by atoms with E-state index in [1.54, 1.807) is 16.8 Å². The van der Waals surface area contributed by atoms with Crippen LogP contribution in [0.25, 0.3) is 27.8 Å². The van der Waals surface area contributed by atoms with E-state index in [-0.39, 0.29) is 5.52 Å². The van der Waals surface area contributed by atoms with Gasteiger partial charge in [-0.25, -0.2) is 19.4 Å². The Labute approximate surface area is 134 Å². The Kier molecular flexibility index (Phi) is 2.98. The molecule has 0 unspecified atom stereocenters. The molecule has 0 radical (unpaired) electrons. The first-order chi connectivity index (χ1) is 11.6. The van der Waals surface area contributed by atoms with Crippen LogP contribution < -0.4 is 16.7 Å². The Morgan fingerprint density at radius 2 is 1.92 bits per heavy atom. The number of amides is 2. The Morgan fingerprint density at radius 1 is 1.12 bits per heavy atom. The lowest BCUT2D eigenvalue weighted by molar-refractivity contribution is 0.256. The van der Waals surface area contributed by atoms with E-state index in [1.165, 1.54) is 6.20 Å². The number of aromatic nitrogens is 5. The highest BCUT2D eigenvalue weighted by Crippen LogP contribution is 2.23. The van der Waals surface area contributed by atoms with Gasteiger partial charge in [0.25, 0.3) is 5.56 Å². The first-order valence-corrected chi connectivity index (χ1v) is 7.03. The van der Waals surface area contributed by atoms with Crippen LogP contribution in [0.4, 0.5) is 4.79 Å². The summed E-state index contributed by atoms with van der Waals surface area (Å²) in [6.07, 6.45) is 3.06. The quantitative estimate of drug-likeness (QED) is 0.564. The SMILES string of the molecule is NC(=O)Nn1ccc2c(nnc3c(-c4ccccc4)cnn32)c1=O. The second-order valence-electron chi connectivity index (χ2n) is 5.06. The lowest BCUT2D eigenvalue weighted by atomic mass is 10.1. The maximum atomic E-state index is 12.3. The lowest BCUT2D eigenvalue weighted by Crippen LogP contribution is -2.36. The highest BCUT2D eigenvalue weighted by atomic mass is 16.2. The monoisotopic (exact) mass is 321 g/mol. The number of urea groups is 1. The molecule has 0 fully saturated rings. The van der Waals surface area contributed by atoms with Crippen LogP contribution in [0.15, 0.2) is 53.6 Å². The zero-order valence-corrected chi connectivity index (χ0v) is 12.2. The molecular weight excluding hydrogens is 310 g/mol. The van der Waals surface area contributed by atoms with Gasteiger partial charge in [-0.2, -0.15) is 5.10 Å². The zero-order chi connectivity index (χ0) is 16.7. The number of rotatable bonds is 2. The van der Waals surface area contributed by atoms with Gasteiger partial charge in [0.1, 0.15) is 5.52 Å². The Bertz CT molecular complexity index is 1130. The summed E-state index contributed by atoms with van der Waals surface area (Å²) in [5.41, 5.74) is 9.52. The first kappa shape index (κ1) is 13.9. The smallest absolute Gasteiger partial charge is 0.331 e. The molecule has 4 rings (SSSR count). The fourth-order valence-electron chi connectivity index (χ4n) is 2.52. The number of carbonyl (C=O) groups is 1. The van der Waals surface area contributed by atoms with E-state index in [0.717, 1.165) is 15.8 Å². The number of primary amides is 1. The van der Waals surface area contributed by atoms with Crippen molar-refractivity contribution < 1.29 is 4.79 Å². The van der Waals surface area contributed by atoms with Gasteiger partial charge >= 0.3 is 6.03 Å². The number of carbonyl (C=O) groups excluding carboxylic acids is 1. The molecule has 4 aromatic rings. The third-order valence-electron chi connectivity index (χ3n) is 3.58. The molecule has 0 saturated heterocycles. The second kappa shape index (κ2) is 5.16. The second-order valence-corrected chi connectivity index (χ2v) is 5.06. The van der Waals surface area contributed by atoms with Crippen molar-refractivity contribution >= 4 is 22.7 Å². The van der Waals surface area contributed by atoms with Crippen LogP contribution in [0.2, 0.25) is 0 Å². The van der Waals surface area contributed by atoms with E-state index in [2.05, 4.69) is 20.7 Å². The molecule has 0 aliphatic carbocycles. The number of benzene rings is 1. The van der Waals surface area contributed by atoms with Crippen LogP contribution in [0.5, 0.6) is 0 Å². The van der Waals surface area contributed by atoms with Gasteiger partial charge in [0.05, 0.1) is 6.20 Å². The normalized spacial score (nSPS) is 11.0. The molecule has 9 heteroatoms. The summed E-state index contributed by atoms with van der Waals surface area (Å²) in [5.74, 6) is 0. The summed E-state index contributed by atoms with van der Waals surface area (Å²) in [7, 11) is 0. The summed E-state index contributed by atoms with van der Waals surface area (Å²) in [6.45, 7) is 0. The van der Waals surface area contributed by atoms with Crippen molar-refractivity contribution in [2.45, 2.75) is 0 Å². The molecule has 3 N–H and O–H groups in total. The van der Waals surface area contributed by atoms with E-state index in [4.69, 9.17) is 5.73 Å². The van der Waals surface area contributed by atoms with Gasteiger partial charge in [-0.3, -0.25) is 4.79 Å². The maximum Gasteiger partial charge on any atom is 0.331 e. The summed E-state index contributed by atoms with van der Waals surface area (Å²) in [6, 6.07) is 10.4. The molecule has 3 aromatic heterocycles. The van der Waals surface area contributed by atoms with Crippen LogP contribution in [-0.2, 0) is 0 Å². The molecule has 0 aliphatic rings. The van der Waals surface area contributed by atoms with Gasteiger partial charge in [-0.05, 0) is 11.6 Å². The molecule has 0 atom stereocenters. The van der Waals surface area contributed by atoms with Crippen molar-refractivity contribution in [3.63, 3.8) is 0 Å². The molecular formula is C15H11N7O2. The van der Waals surface area contributed by atoms with Crippen molar-refractivity contribution in [3.8, 4) is 11.1 Å². The van der Waals surface area contributed by atoms with E-state index < -0.39 is 11.6 Å². The average Bonchev–Trinajstić information content (AvgIpc) is 3.02. The van der Waals surface area contributed by atoms with Gasteiger partial charge in [-0.15, -0.1) is 10.2 Å². The fourth-order valence-corrected chi connectivity index (χ4v) is 2.52. The number of pyridine rings is 1. The summed E-state index contributed by atoms with van der Waals surface area (Å²) >= 11 is 0.